The van der Waals surface area contributed by atoms with Gasteiger partial charge in [0.1, 0.15) is 11.9 Å². The van der Waals surface area contributed by atoms with Crippen LogP contribution < -0.4 is 16.4 Å². The van der Waals surface area contributed by atoms with Crippen LogP contribution in [0.3, 0.4) is 0 Å². The Bertz CT molecular complexity index is 1280. The molecule has 8 nitrogen and oxygen atoms in total. The summed E-state index contributed by atoms with van der Waals surface area (Å²) in [5.74, 6) is -0.511. The number of aliphatic hydroxyl groups is 1. The molecule has 194 valence electrons. The molecule has 1 unspecified atom stereocenters. The van der Waals surface area contributed by atoms with Crippen LogP contribution in [0.5, 0.6) is 0 Å². The average molecular weight is 523 g/mol. The first-order valence-corrected chi connectivity index (χ1v) is 12.7. The zero-order valence-corrected chi connectivity index (χ0v) is 21.7. The molecule has 1 aliphatic heterocycles. The first-order chi connectivity index (χ1) is 17.6. The predicted molar refractivity (Wildman–Crippen MR) is 146 cm³/mol. The molecule has 0 spiro atoms. The molecule has 0 fully saturated rings. The third-order valence-electron chi connectivity index (χ3n) is 5.60. The van der Waals surface area contributed by atoms with E-state index in [-0.39, 0.29) is 17.4 Å². The van der Waals surface area contributed by atoms with Crippen molar-refractivity contribution >= 4 is 35.4 Å². The molecule has 0 saturated heterocycles. The van der Waals surface area contributed by atoms with Crippen LogP contribution in [-0.2, 0) is 11.2 Å². The smallest absolute Gasteiger partial charge is 0.207 e. The van der Waals surface area contributed by atoms with E-state index in [0.717, 1.165) is 33.7 Å². The number of halogens is 1. The summed E-state index contributed by atoms with van der Waals surface area (Å²) in [6.07, 6.45) is 7.86. The van der Waals surface area contributed by atoms with E-state index in [9.17, 15) is 14.3 Å². The second-order valence-electron chi connectivity index (χ2n) is 9.44. The molecule has 0 aliphatic carbocycles. The second-order valence-corrected chi connectivity index (χ2v) is 10.6. The third kappa shape index (κ3) is 7.92. The van der Waals surface area contributed by atoms with Gasteiger partial charge in [0.25, 0.3) is 0 Å². The van der Waals surface area contributed by atoms with Crippen LogP contribution in [0.1, 0.15) is 42.0 Å². The predicted octanol–water partition coefficient (Wildman–Crippen LogP) is 3.51. The maximum absolute atomic E-state index is 14.5. The summed E-state index contributed by atoms with van der Waals surface area (Å²) >= 11 is 1.52. The van der Waals surface area contributed by atoms with E-state index in [1.165, 1.54) is 23.5 Å². The topological polar surface area (TPSA) is 147 Å². The zero-order chi connectivity index (χ0) is 27.0. The second kappa shape index (κ2) is 12.5. The van der Waals surface area contributed by atoms with Gasteiger partial charge in [-0.2, -0.15) is 5.26 Å². The number of hydrogen-bond donors (Lipinski definition) is 5. The molecular formula is C27H31FN6O2S. The summed E-state index contributed by atoms with van der Waals surface area (Å²) in [5, 5.41) is 32.9. The van der Waals surface area contributed by atoms with Gasteiger partial charge < -0.3 is 21.5 Å². The van der Waals surface area contributed by atoms with Crippen molar-refractivity contribution in [1.29, 1.82) is 10.7 Å². The fraction of sp³-hybridized carbons (Fsp3) is 0.333. The van der Waals surface area contributed by atoms with Crippen LogP contribution in [0, 0.1) is 22.6 Å². The van der Waals surface area contributed by atoms with Crippen LogP contribution in [-0.4, -0.2) is 48.3 Å². The normalized spacial score (nSPS) is 15.3. The maximum atomic E-state index is 14.5. The van der Waals surface area contributed by atoms with Crippen LogP contribution in [0.4, 0.5) is 4.39 Å². The minimum Gasteiger partial charge on any atom is -0.389 e. The molecule has 3 rings (SSSR count). The van der Waals surface area contributed by atoms with Crippen molar-refractivity contribution in [2.75, 3.05) is 13.1 Å². The average Bonchev–Trinajstić information content (AvgIpc) is 3.26. The van der Waals surface area contributed by atoms with Crippen LogP contribution >= 0.6 is 11.3 Å². The Kier molecular flexibility index (Phi) is 9.47. The third-order valence-corrected chi connectivity index (χ3v) is 6.80. The van der Waals surface area contributed by atoms with E-state index in [4.69, 9.17) is 16.4 Å². The quantitative estimate of drug-likeness (QED) is 0.214. The number of nitriles is 1. The number of nitrogens with one attached hydrogen (secondary N) is 3. The van der Waals surface area contributed by atoms with Crippen molar-refractivity contribution in [3.05, 3.63) is 63.2 Å². The summed E-state index contributed by atoms with van der Waals surface area (Å²) < 4.78 is 14.5. The lowest BCUT2D eigenvalue weighted by Crippen LogP contribution is -2.32. The fourth-order valence-electron chi connectivity index (χ4n) is 3.76. The molecule has 1 aliphatic rings. The van der Waals surface area contributed by atoms with E-state index < -0.39 is 11.4 Å². The number of nitrogens with two attached hydrogens (primary N) is 1. The van der Waals surface area contributed by atoms with Crippen LogP contribution in [0.25, 0.3) is 16.7 Å². The van der Waals surface area contributed by atoms with Gasteiger partial charge >= 0.3 is 0 Å². The van der Waals surface area contributed by atoms with Crippen molar-refractivity contribution in [1.82, 2.24) is 10.6 Å². The molecule has 0 saturated carbocycles. The number of amidine groups is 1. The first-order valence-electron chi connectivity index (χ1n) is 11.9. The lowest BCUT2D eigenvalue weighted by Gasteiger charge is -2.17. The van der Waals surface area contributed by atoms with E-state index in [1.807, 2.05) is 18.2 Å². The molecule has 0 bridgehead atoms. The number of hydrogen-bond acceptors (Lipinski definition) is 7. The molecule has 2 aromatic rings. The van der Waals surface area contributed by atoms with Gasteiger partial charge in [-0.25, -0.2) is 9.38 Å². The van der Waals surface area contributed by atoms with E-state index in [1.54, 1.807) is 32.3 Å². The number of dihydropyridines is 1. The van der Waals surface area contributed by atoms with Crippen molar-refractivity contribution < 1.29 is 14.3 Å². The highest BCUT2D eigenvalue weighted by atomic mass is 32.1. The van der Waals surface area contributed by atoms with Crippen molar-refractivity contribution in [3.8, 4) is 17.2 Å². The van der Waals surface area contributed by atoms with Crippen LogP contribution in [0.2, 0.25) is 0 Å². The molecule has 37 heavy (non-hydrogen) atoms. The summed E-state index contributed by atoms with van der Waals surface area (Å²) in [6.45, 7) is 4.23. The minimum atomic E-state index is -0.915. The molecule has 10 heteroatoms. The van der Waals surface area contributed by atoms with E-state index >= 15 is 0 Å². The molecule has 2 heterocycles. The van der Waals surface area contributed by atoms with E-state index in [2.05, 4.69) is 15.6 Å². The van der Waals surface area contributed by atoms with Gasteiger partial charge in [-0.05, 0) is 62.9 Å². The van der Waals surface area contributed by atoms with E-state index in [0.29, 0.717) is 37.1 Å². The Labute approximate surface area is 219 Å². The lowest BCUT2D eigenvalue weighted by molar-refractivity contribution is -0.109. The number of nitrogens with zero attached hydrogens (tertiary/aromatic N) is 2. The molecular weight excluding hydrogens is 491 g/mol. The molecule has 0 radical (unpaired) electrons. The Hall–Kier alpha value is -3.65. The van der Waals surface area contributed by atoms with Gasteiger partial charge in [-0.15, -0.1) is 11.3 Å². The summed E-state index contributed by atoms with van der Waals surface area (Å²) in [5.41, 5.74) is 8.12. The first kappa shape index (κ1) is 27.9. The highest BCUT2D eigenvalue weighted by Crippen LogP contribution is 2.38. The Morgan fingerprint density at radius 2 is 2.14 bits per heavy atom. The van der Waals surface area contributed by atoms with Crippen molar-refractivity contribution in [3.63, 3.8) is 0 Å². The largest absolute Gasteiger partial charge is 0.389 e. The highest BCUT2D eigenvalue weighted by Gasteiger charge is 2.20. The number of benzene rings is 1. The van der Waals surface area contributed by atoms with Crippen molar-refractivity contribution in [2.24, 2.45) is 10.7 Å². The summed E-state index contributed by atoms with van der Waals surface area (Å²) in [4.78, 5) is 16.5. The molecule has 1 aromatic carbocycles. The molecule has 1 atom stereocenters. The molecule has 1 amide bonds. The van der Waals surface area contributed by atoms with Gasteiger partial charge in [-0.1, -0.05) is 6.07 Å². The summed E-state index contributed by atoms with van der Waals surface area (Å²) in [7, 11) is 0. The van der Waals surface area contributed by atoms with Gasteiger partial charge in [0, 0.05) is 58.0 Å². The van der Waals surface area contributed by atoms with Crippen molar-refractivity contribution in [2.45, 2.75) is 44.8 Å². The number of rotatable bonds is 12. The number of carbonyl (C=O) groups excluding carboxylic acids is 1. The summed E-state index contributed by atoms with van der Waals surface area (Å²) in [6, 6.07) is 8.24. The van der Waals surface area contributed by atoms with Gasteiger partial charge in [0.15, 0.2) is 5.84 Å². The number of carbonyl (C=O) groups is 1. The van der Waals surface area contributed by atoms with Gasteiger partial charge in [-0.3, -0.25) is 10.2 Å². The maximum Gasteiger partial charge on any atom is 0.207 e. The number of thiophene rings is 1. The van der Waals surface area contributed by atoms with Gasteiger partial charge in [0.05, 0.1) is 11.2 Å². The Morgan fingerprint density at radius 1 is 1.35 bits per heavy atom. The lowest BCUT2D eigenvalue weighted by atomic mass is 9.98. The number of aliphatic imine (C=N–C) groups is 1. The minimum absolute atomic E-state index is 0.0262. The highest BCUT2D eigenvalue weighted by molar-refractivity contribution is 7.14. The number of amides is 1. The monoisotopic (exact) mass is 522 g/mol. The molecule has 6 N–H and O–H groups in total. The Morgan fingerprint density at radius 3 is 2.81 bits per heavy atom. The Balaban J connectivity index is 1.96. The standard InChI is InChI=1S/C27H31FN6O2S/c1-27(2,36)15-33-13-20-8-19(14-34-26(20)31)25-23(17-5-6-18(12-29)24(28)9-17)11-22(37-25)10-21(30)4-3-7-32-16-35/h5-6,8-9,11,13-14,16,21,31,33,36H,3-4,7,10,15,30H2,1-2H3,(H,32,35)/b20-13-,31-26?. The molecule has 1 aromatic heterocycles. The van der Waals surface area contributed by atoms with Crippen LogP contribution in [0.15, 0.2) is 47.1 Å². The SMILES string of the molecule is CC(C)(O)CN/C=C1/C=C(c2sc(CC(N)CCCNC=O)cc2-c2ccc(C#N)c(F)c2)C=NC1=N. The number of allylic oxidation sites excluding steroid dienone is 1. The zero-order valence-electron chi connectivity index (χ0n) is 20.8. The fourth-order valence-corrected chi connectivity index (χ4v) is 5.01. The van der Waals surface area contributed by atoms with Gasteiger partial charge in [0.2, 0.25) is 6.41 Å².